The lowest BCUT2D eigenvalue weighted by Crippen LogP contribution is -2.40. The number of nitrogens with two attached hydrogens (primary N) is 1. The molecule has 0 aliphatic carbocycles. The van der Waals surface area contributed by atoms with Crippen molar-refractivity contribution in [2.45, 2.75) is 26.4 Å². The van der Waals surface area contributed by atoms with E-state index in [0.29, 0.717) is 17.8 Å². The van der Waals surface area contributed by atoms with Gasteiger partial charge in [0.05, 0.1) is 13.1 Å². The van der Waals surface area contributed by atoms with E-state index in [0.717, 1.165) is 10.5 Å². The summed E-state index contributed by atoms with van der Waals surface area (Å²) in [5, 5.41) is 2.60. The van der Waals surface area contributed by atoms with Crippen LogP contribution in [0.25, 0.3) is 0 Å². The van der Waals surface area contributed by atoms with Crippen molar-refractivity contribution < 1.29 is 18.0 Å². The highest BCUT2D eigenvalue weighted by Gasteiger charge is 2.31. The molecule has 1 amide bonds. The van der Waals surface area contributed by atoms with E-state index >= 15 is 0 Å². The van der Waals surface area contributed by atoms with Crippen molar-refractivity contribution in [1.82, 2.24) is 4.90 Å². The second-order valence-corrected chi connectivity index (χ2v) is 4.95. The lowest BCUT2D eigenvalue weighted by Gasteiger charge is -2.22. The van der Waals surface area contributed by atoms with Crippen LogP contribution in [0.1, 0.15) is 18.9 Å². The number of anilines is 2. The van der Waals surface area contributed by atoms with Crippen molar-refractivity contribution >= 4 is 17.3 Å². The summed E-state index contributed by atoms with van der Waals surface area (Å²) < 4.78 is 37.3. The van der Waals surface area contributed by atoms with Crippen LogP contribution in [0, 0.1) is 6.92 Å². The van der Waals surface area contributed by atoms with Gasteiger partial charge in [0.25, 0.3) is 0 Å². The lowest BCUT2D eigenvalue weighted by molar-refractivity contribution is -0.147. The summed E-state index contributed by atoms with van der Waals surface area (Å²) in [6.07, 6.45) is -3.77. The van der Waals surface area contributed by atoms with E-state index in [1.54, 1.807) is 32.0 Å². The van der Waals surface area contributed by atoms with E-state index < -0.39 is 18.6 Å². The number of alkyl halides is 3. The summed E-state index contributed by atoms with van der Waals surface area (Å²) in [4.78, 5) is 13.0. The predicted octanol–water partition coefficient (Wildman–Crippen LogP) is 2.79. The number of amides is 1. The molecule has 1 aromatic carbocycles. The van der Waals surface area contributed by atoms with Crippen molar-refractivity contribution in [2.24, 2.45) is 0 Å². The summed E-state index contributed by atoms with van der Waals surface area (Å²) in [6.45, 7) is 2.37. The Morgan fingerprint density at radius 1 is 1.38 bits per heavy atom. The Kier molecular flexibility index (Phi) is 6.02. The second kappa shape index (κ2) is 7.31. The normalized spacial score (nSPS) is 11.7. The molecule has 1 rings (SSSR count). The van der Waals surface area contributed by atoms with Gasteiger partial charge in [0.1, 0.15) is 0 Å². The number of benzene rings is 1. The van der Waals surface area contributed by atoms with Gasteiger partial charge in [0.2, 0.25) is 5.91 Å². The van der Waals surface area contributed by atoms with E-state index in [2.05, 4.69) is 5.32 Å². The molecule has 118 valence electrons. The molecule has 0 heterocycles. The Morgan fingerprint density at radius 2 is 2.05 bits per heavy atom. The van der Waals surface area contributed by atoms with Crippen molar-refractivity contribution in [2.75, 3.05) is 30.7 Å². The molecular weight excluding hydrogens is 283 g/mol. The topological polar surface area (TPSA) is 58.4 Å². The Bertz CT molecular complexity index is 489. The minimum Gasteiger partial charge on any atom is -0.399 e. The molecule has 0 saturated heterocycles. The van der Waals surface area contributed by atoms with Crippen LogP contribution in [0.2, 0.25) is 0 Å². The Hall–Kier alpha value is -1.76. The average Bonchev–Trinajstić information content (AvgIpc) is 2.32. The van der Waals surface area contributed by atoms with Gasteiger partial charge in [0, 0.05) is 11.4 Å². The van der Waals surface area contributed by atoms with Crippen LogP contribution >= 0.6 is 0 Å². The number of halogens is 3. The molecule has 0 bridgehead atoms. The molecule has 3 N–H and O–H groups in total. The van der Waals surface area contributed by atoms with E-state index in [1.165, 1.54) is 0 Å². The van der Waals surface area contributed by atoms with Crippen LogP contribution in [0.15, 0.2) is 18.2 Å². The molecular formula is C14H20F3N3O. The number of hydrogen-bond acceptors (Lipinski definition) is 3. The maximum atomic E-state index is 12.4. The molecule has 4 nitrogen and oxygen atoms in total. The summed E-state index contributed by atoms with van der Waals surface area (Å²) in [7, 11) is 0. The number of nitrogen functional groups attached to an aromatic ring is 1. The van der Waals surface area contributed by atoms with Gasteiger partial charge in [-0.15, -0.1) is 0 Å². The van der Waals surface area contributed by atoms with Gasteiger partial charge in [-0.25, -0.2) is 0 Å². The maximum Gasteiger partial charge on any atom is 0.401 e. The number of carbonyl (C=O) groups is 1. The number of hydrogen-bond donors (Lipinski definition) is 2. The number of rotatable bonds is 6. The molecule has 0 saturated carbocycles. The van der Waals surface area contributed by atoms with Gasteiger partial charge in [-0.2, -0.15) is 13.2 Å². The van der Waals surface area contributed by atoms with Gasteiger partial charge >= 0.3 is 6.18 Å². The van der Waals surface area contributed by atoms with Crippen molar-refractivity contribution in [3.05, 3.63) is 23.8 Å². The summed E-state index contributed by atoms with van der Waals surface area (Å²) in [5.74, 6) is -0.485. The minimum absolute atomic E-state index is 0.211. The second-order valence-electron chi connectivity index (χ2n) is 4.95. The molecule has 1 aromatic rings. The zero-order valence-corrected chi connectivity index (χ0v) is 12.1. The largest absolute Gasteiger partial charge is 0.401 e. The van der Waals surface area contributed by atoms with Crippen LogP contribution in [-0.2, 0) is 4.79 Å². The zero-order valence-electron chi connectivity index (χ0n) is 12.1. The molecule has 0 aliphatic rings. The molecule has 0 aliphatic heterocycles. The van der Waals surface area contributed by atoms with E-state index in [1.807, 2.05) is 0 Å². The van der Waals surface area contributed by atoms with Gasteiger partial charge in [-0.3, -0.25) is 9.69 Å². The van der Waals surface area contributed by atoms with Crippen molar-refractivity contribution in [1.29, 1.82) is 0 Å². The fourth-order valence-corrected chi connectivity index (χ4v) is 1.95. The smallest absolute Gasteiger partial charge is 0.399 e. The highest BCUT2D eigenvalue weighted by molar-refractivity contribution is 5.93. The Labute approximate surface area is 122 Å². The summed E-state index contributed by atoms with van der Waals surface area (Å²) in [6, 6.07) is 5.02. The number of aryl methyl sites for hydroxylation is 1. The highest BCUT2D eigenvalue weighted by atomic mass is 19.4. The molecule has 0 fully saturated rings. The van der Waals surface area contributed by atoms with Crippen molar-refractivity contribution in [3.8, 4) is 0 Å². The molecule has 0 atom stereocenters. The summed E-state index contributed by atoms with van der Waals surface area (Å²) >= 11 is 0. The van der Waals surface area contributed by atoms with Crippen LogP contribution in [0.3, 0.4) is 0 Å². The van der Waals surface area contributed by atoms with Crippen molar-refractivity contribution in [3.63, 3.8) is 0 Å². The Balaban J connectivity index is 2.67. The fraction of sp³-hybridized carbons (Fsp3) is 0.500. The first-order valence-corrected chi connectivity index (χ1v) is 6.66. The number of nitrogens with one attached hydrogen (secondary N) is 1. The third-order valence-corrected chi connectivity index (χ3v) is 2.85. The molecule has 0 aromatic heterocycles. The third kappa shape index (κ3) is 6.48. The first-order chi connectivity index (χ1) is 9.71. The molecule has 21 heavy (non-hydrogen) atoms. The first kappa shape index (κ1) is 17.3. The van der Waals surface area contributed by atoms with Crippen LogP contribution in [-0.4, -0.2) is 36.6 Å². The molecule has 0 spiro atoms. The lowest BCUT2D eigenvalue weighted by atomic mass is 10.2. The van der Waals surface area contributed by atoms with Gasteiger partial charge < -0.3 is 11.1 Å². The average molecular weight is 303 g/mol. The monoisotopic (exact) mass is 303 g/mol. The van der Waals surface area contributed by atoms with Crippen LogP contribution in [0.5, 0.6) is 0 Å². The maximum absolute atomic E-state index is 12.4. The standard InChI is InChI=1S/C14H20F3N3O/c1-3-6-20(9-14(15,16)17)8-13(21)19-12-7-11(18)5-4-10(12)2/h4-5,7H,3,6,8-9,18H2,1-2H3,(H,19,21). The van der Waals surface area contributed by atoms with Crippen LogP contribution < -0.4 is 11.1 Å². The molecule has 7 heteroatoms. The van der Waals surface area contributed by atoms with Gasteiger partial charge in [-0.1, -0.05) is 13.0 Å². The van der Waals surface area contributed by atoms with E-state index in [-0.39, 0.29) is 13.1 Å². The third-order valence-electron chi connectivity index (χ3n) is 2.85. The van der Waals surface area contributed by atoms with Crippen LogP contribution in [0.4, 0.5) is 24.5 Å². The Morgan fingerprint density at radius 3 is 2.62 bits per heavy atom. The minimum atomic E-state index is -4.32. The molecule has 0 unspecified atom stereocenters. The quantitative estimate of drug-likeness (QED) is 0.795. The fourth-order valence-electron chi connectivity index (χ4n) is 1.95. The van der Waals surface area contributed by atoms with E-state index in [9.17, 15) is 18.0 Å². The molecule has 0 radical (unpaired) electrons. The summed E-state index contributed by atoms with van der Waals surface area (Å²) in [5.41, 5.74) is 7.43. The predicted molar refractivity (Wildman–Crippen MR) is 77.0 cm³/mol. The first-order valence-electron chi connectivity index (χ1n) is 6.66. The van der Waals surface area contributed by atoms with Gasteiger partial charge in [-0.05, 0) is 37.6 Å². The SMILES string of the molecule is CCCN(CC(=O)Nc1cc(N)ccc1C)CC(F)(F)F. The van der Waals surface area contributed by atoms with E-state index in [4.69, 9.17) is 5.73 Å². The zero-order chi connectivity index (χ0) is 16.0. The highest BCUT2D eigenvalue weighted by Crippen LogP contribution is 2.19. The number of carbonyl (C=O) groups excluding carboxylic acids is 1. The van der Waals surface area contributed by atoms with Gasteiger partial charge in [0.15, 0.2) is 0 Å². The number of nitrogens with zero attached hydrogens (tertiary/aromatic N) is 1.